The van der Waals surface area contributed by atoms with Gasteiger partial charge in [0.05, 0.1) is 12.5 Å². The summed E-state index contributed by atoms with van der Waals surface area (Å²) in [6.45, 7) is 2.73. The Kier molecular flexibility index (Phi) is 3.37. The monoisotopic (exact) mass is 214 g/mol. The molecule has 1 aliphatic heterocycles. The number of hydrogen-bond acceptors (Lipinski definition) is 3. The molecule has 1 heterocycles. The number of hydrogen-bond donors (Lipinski definition) is 0. The van der Waals surface area contributed by atoms with Crippen LogP contribution in [0.1, 0.15) is 39.0 Å². The third kappa shape index (κ3) is 2.44. The van der Waals surface area contributed by atoms with E-state index < -0.39 is 0 Å². The third-order valence-corrected chi connectivity index (χ3v) is 4.55. The van der Waals surface area contributed by atoms with E-state index in [-0.39, 0.29) is 11.9 Å². The van der Waals surface area contributed by atoms with Crippen LogP contribution < -0.4 is 0 Å². The molecule has 0 aromatic heterocycles. The molecule has 3 unspecified atom stereocenters. The fraction of sp³-hybridized carbons (Fsp3) is 0.909. The highest BCUT2D eigenvalue weighted by molar-refractivity contribution is 8.07. The first-order chi connectivity index (χ1) is 6.81. The van der Waals surface area contributed by atoms with Crippen molar-refractivity contribution in [3.05, 3.63) is 0 Å². The van der Waals surface area contributed by atoms with E-state index in [9.17, 15) is 4.79 Å². The van der Waals surface area contributed by atoms with E-state index in [4.69, 9.17) is 4.74 Å². The van der Waals surface area contributed by atoms with E-state index in [1.54, 1.807) is 0 Å². The van der Waals surface area contributed by atoms with Crippen molar-refractivity contribution in [3.63, 3.8) is 0 Å². The number of carbonyl (C=O) groups is 1. The molecule has 14 heavy (non-hydrogen) atoms. The third-order valence-electron chi connectivity index (χ3n) is 3.08. The molecule has 2 nitrogen and oxygen atoms in total. The number of fused-ring (bicyclic) bond motifs is 1. The van der Waals surface area contributed by atoms with E-state index in [0.717, 1.165) is 36.2 Å². The van der Waals surface area contributed by atoms with Crippen LogP contribution in [0.3, 0.4) is 0 Å². The summed E-state index contributed by atoms with van der Waals surface area (Å²) in [4.78, 5) is 11.6. The standard InChI is InChI=1S/C11H18O2S/c1-2-3-6-13-11(12)8-4-5-9-10(7-8)14-9/h8-10H,2-7H2,1H3. The van der Waals surface area contributed by atoms with Gasteiger partial charge in [0.15, 0.2) is 0 Å². The first kappa shape index (κ1) is 10.3. The second-order valence-corrected chi connectivity index (χ2v) is 5.73. The molecule has 1 saturated heterocycles. The number of ether oxygens (including phenoxy) is 1. The van der Waals surface area contributed by atoms with Crippen molar-refractivity contribution >= 4 is 17.7 Å². The molecule has 0 bridgehead atoms. The molecular formula is C11H18O2S. The van der Waals surface area contributed by atoms with Gasteiger partial charge in [-0.05, 0) is 25.7 Å². The Morgan fingerprint density at radius 3 is 3.00 bits per heavy atom. The Morgan fingerprint density at radius 1 is 1.43 bits per heavy atom. The molecule has 2 rings (SSSR count). The normalized spacial score (nSPS) is 34.8. The van der Waals surface area contributed by atoms with Crippen LogP contribution in [0.4, 0.5) is 0 Å². The largest absolute Gasteiger partial charge is 0.465 e. The molecule has 0 amide bonds. The van der Waals surface area contributed by atoms with Crippen molar-refractivity contribution in [2.45, 2.75) is 49.5 Å². The zero-order valence-corrected chi connectivity index (χ0v) is 9.52. The lowest BCUT2D eigenvalue weighted by Crippen LogP contribution is -2.24. The van der Waals surface area contributed by atoms with Crippen LogP contribution >= 0.6 is 11.8 Å². The summed E-state index contributed by atoms with van der Waals surface area (Å²) in [6.07, 6.45) is 5.44. The quantitative estimate of drug-likeness (QED) is 0.409. The van der Waals surface area contributed by atoms with Crippen LogP contribution in [0.15, 0.2) is 0 Å². The highest BCUT2D eigenvalue weighted by Gasteiger charge is 2.45. The summed E-state index contributed by atoms with van der Waals surface area (Å²) in [5.41, 5.74) is 0. The van der Waals surface area contributed by atoms with E-state index in [1.165, 1.54) is 6.42 Å². The fourth-order valence-corrected chi connectivity index (χ4v) is 3.27. The van der Waals surface area contributed by atoms with Crippen LogP contribution in [-0.2, 0) is 9.53 Å². The lowest BCUT2D eigenvalue weighted by Gasteiger charge is -2.18. The van der Waals surface area contributed by atoms with Crippen molar-refractivity contribution in [3.8, 4) is 0 Å². The molecule has 3 heteroatoms. The van der Waals surface area contributed by atoms with Gasteiger partial charge in [0.1, 0.15) is 0 Å². The number of esters is 1. The molecule has 2 aliphatic rings. The highest BCUT2D eigenvalue weighted by Crippen LogP contribution is 2.52. The second kappa shape index (κ2) is 4.56. The Bertz CT molecular complexity index is 217. The minimum absolute atomic E-state index is 0.0596. The van der Waals surface area contributed by atoms with Gasteiger partial charge >= 0.3 is 5.97 Å². The molecule has 0 spiro atoms. The van der Waals surface area contributed by atoms with Crippen molar-refractivity contribution in [1.82, 2.24) is 0 Å². The Labute approximate surface area is 89.8 Å². The fourth-order valence-electron chi connectivity index (χ4n) is 2.05. The lowest BCUT2D eigenvalue weighted by atomic mass is 9.89. The molecule has 0 N–H and O–H groups in total. The number of thioether (sulfide) groups is 1. The van der Waals surface area contributed by atoms with Crippen LogP contribution in [0.2, 0.25) is 0 Å². The van der Waals surface area contributed by atoms with Gasteiger partial charge in [-0.3, -0.25) is 4.79 Å². The minimum Gasteiger partial charge on any atom is -0.465 e. The number of carbonyl (C=O) groups excluding carboxylic acids is 1. The van der Waals surface area contributed by atoms with Crippen molar-refractivity contribution < 1.29 is 9.53 Å². The van der Waals surface area contributed by atoms with E-state index in [2.05, 4.69) is 6.92 Å². The summed E-state index contributed by atoms with van der Waals surface area (Å²) >= 11 is 2.04. The van der Waals surface area contributed by atoms with Gasteiger partial charge in [0.25, 0.3) is 0 Å². The zero-order valence-electron chi connectivity index (χ0n) is 8.70. The van der Waals surface area contributed by atoms with Crippen LogP contribution in [0.5, 0.6) is 0 Å². The number of rotatable bonds is 4. The van der Waals surface area contributed by atoms with Crippen LogP contribution in [0.25, 0.3) is 0 Å². The molecule has 80 valence electrons. The zero-order chi connectivity index (χ0) is 9.97. The molecule has 0 aromatic carbocycles. The Balaban J connectivity index is 1.68. The average molecular weight is 214 g/mol. The van der Waals surface area contributed by atoms with Gasteiger partial charge < -0.3 is 4.74 Å². The van der Waals surface area contributed by atoms with E-state index >= 15 is 0 Å². The first-order valence-corrected chi connectivity index (χ1v) is 6.57. The van der Waals surface area contributed by atoms with Gasteiger partial charge in [-0.15, -0.1) is 0 Å². The Morgan fingerprint density at radius 2 is 2.29 bits per heavy atom. The SMILES string of the molecule is CCCCOC(=O)C1CCC2SC2C1. The molecule has 2 fully saturated rings. The van der Waals surface area contributed by atoms with E-state index in [0.29, 0.717) is 6.61 Å². The molecule has 0 aromatic rings. The van der Waals surface area contributed by atoms with Crippen LogP contribution in [0, 0.1) is 5.92 Å². The van der Waals surface area contributed by atoms with Crippen molar-refractivity contribution in [1.29, 1.82) is 0 Å². The summed E-state index contributed by atoms with van der Waals surface area (Å²) < 4.78 is 5.24. The summed E-state index contributed by atoms with van der Waals surface area (Å²) in [7, 11) is 0. The molecule has 0 radical (unpaired) electrons. The topological polar surface area (TPSA) is 26.3 Å². The van der Waals surface area contributed by atoms with Crippen molar-refractivity contribution in [2.75, 3.05) is 6.61 Å². The maximum Gasteiger partial charge on any atom is 0.308 e. The molecular weight excluding hydrogens is 196 g/mol. The van der Waals surface area contributed by atoms with Crippen LogP contribution in [-0.4, -0.2) is 23.1 Å². The second-order valence-electron chi connectivity index (χ2n) is 4.24. The minimum atomic E-state index is 0.0596. The van der Waals surface area contributed by atoms with Crippen molar-refractivity contribution in [2.24, 2.45) is 5.92 Å². The van der Waals surface area contributed by atoms with Gasteiger partial charge in [-0.25, -0.2) is 0 Å². The number of unbranched alkanes of at least 4 members (excludes halogenated alkanes) is 1. The van der Waals surface area contributed by atoms with Gasteiger partial charge in [0, 0.05) is 10.5 Å². The summed E-state index contributed by atoms with van der Waals surface area (Å²) in [5.74, 6) is 0.271. The van der Waals surface area contributed by atoms with Gasteiger partial charge in [0.2, 0.25) is 0 Å². The first-order valence-electron chi connectivity index (χ1n) is 5.63. The summed E-state index contributed by atoms with van der Waals surface area (Å²) in [6, 6.07) is 0. The summed E-state index contributed by atoms with van der Waals surface area (Å²) in [5, 5.41) is 1.67. The Hall–Kier alpha value is -0.180. The highest BCUT2D eigenvalue weighted by atomic mass is 32.2. The smallest absolute Gasteiger partial charge is 0.308 e. The molecule has 1 aliphatic carbocycles. The van der Waals surface area contributed by atoms with Gasteiger partial charge in [-0.2, -0.15) is 11.8 Å². The van der Waals surface area contributed by atoms with E-state index in [1.807, 2.05) is 11.8 Å². The predicted octanol–water partition coefficient (Wildman–Crippen LogP) is 2.61. The molecule has 3 atom stereocenters. The maximum atomic E-state index is 11.6. The average Bonchev–Trinajstić information content (AvgIpc) is 2.95. The molecule has 1 saturated carbocycles. The lowest BCUT2D eigenvalue weighted by molar-refractivity contribution is -0.149. The predicted molar refractivity (Wildman–Crippen MR) is 58.4 cm³/mol. The van der Waals surface area contributed by atoms with Gasteiger partial charge in [-0.1, -0.05) is 13.3 Å². The maximum absolute atomic E-state index is 11.6.